The van der Waals surface area contributed by atoms with E-state index in [0.717, 1.165) is 31.5 Å². The molecule has 0 radical (unpaired) electrons. The maximum atomic E-state index is 5.99. The summed E-state index contributed by atoms with van der Waals surface area (Å²) >= 11 is 0. The molecule has 0 spiro atoms. The van der Waals surface area contributed by atoms with Gasteiger partial charge in [0, 0.05) is 19.2 Å². The molecule has 0 aromatic heterocycles. The highest BCUT2D eigenvalue weighted by atomic mass is 16.5. The Balaban J connectivity index is 1.60. The minimum absolute atomic E-state index is 0.445. The highest BCUT2D eigenvalue weighted by Crippen LogP contribution is 2.23. The summed E-state index contributed by atoms with van der Waals surface area (Å²) in [6.07, 6.45) is 6.78. The molecule has 2 aliphatic rings. The number of rotatable bonds is 4. The van der Waals surface area contributed by atoms with Crippen LogP contribution in [0.1, 0.15) is 39.0 Å². The van der Waals surface area contributed by atoms with Gasteiger partial charge in [0.25, 0.3) is 0 Å². The van der Waals surface area contributed by atoms with E-state index < -0.39 is 0 Å². The van der Waals surface area contributed by atoms with Crippen molar-refractivity contribution in [1.82, 2.24) is 5.32 Å². The Kier molecular flexibility index (Phi) is 4.62. The summed E-state index contributed by atoms with van der Waals surface area (Å²) < 4.78 is 5.57. The molecule has 4 atom stereocenters. The Morgan fingerprint density at radius 1 is 1.25 bits per heavy atom. The molecule has 16 heavy (non-hydrogen) atoms. The Morgan fingerprint density at radius 2 is 2.12 bits per heavy atom. The lowest BCUT2D eigenvalue weighted by Gasteiger charge is -2.27. The van der Waals surface area contributed by atoms with Gasteiger partial charge in [-0.1, -0.05) is 6.42 Å². The molecule has 1 aliphatic carbocycles. The van der Waals surface area contributed by atoms with E-state index in [9.17, 15) is 0 Å². The topological polar surface area (TPSA) is 47.3 Å². The number of nitrogens with one attached hydrogen (secondary N) is 1. The van der Waals surface area contributed by atoms with Crippen molar-refractivity contribution in [3.05, 3.63) is 0 Å². The van der Waals surface area contributed by atoms with Gasteiger partial charge in [-0.3, -0.25) is 0 Å². The van der Waals surface area contributed by atoms with Crippen LogP contribution in [0.2, 0.25) is 0 Å². The highest BCUT2D eigenvalue weighted by Gasteiger charge is 2.24. The van der Waals surface area contributed by atoms with Gasteiger partial charge in [-0.15, -0.1) is 0 Å². The maximum absolute atomic E-state index is 5.99. The van der Waals surface area contributed by atoms with E-state index in [4.69, 9.17) is 10.5 Å². The molecule has 1 aliphatic heterocycles. The number of hydrogen-bond acceptors (Lipinski definition) is 3. The maximum Gasteiger partial charge on any atom is 0.0588 e. The fraction of sp³-hybridized carbons (Fsp3) is 1.00. The second-order valence-electron chi connectivity index (χ2n) is 5.58. The summed E-state index contributed by atoms with van der Waals surface area (Å²) in [5.74, 6) is 1.53. The van der Waals surface area contributed by atoms with Crippen LogP contribution < -0.4 is 11.1 Å². The molecule has 2 rings (SSSR count). The van der Waals surface area contributed by atoms with Gasteiger partial charge < -0.3 is 15.8 Å². The zero-order valence-electron chi connectivity index (χ0n) is 10.5. The van der Waals surface area contributed by atoms with Gasteiger partial charge >= 0.3 is 0 Å². The van der Waals surface area contributed by atoms with Crippen LogP contribution >= 0.6 is 0 Å². The normalized spacial score (nSPS) is 40.1. The Labute approximate surface area is 99.1 Å². The van der Waals surface area contributed by atoms with Crippen LogP contribution in [0, 0.1) is 11.8 Å². The van der Waals surface area contributed by atoms with Crippen molar-refractivity contribution in [3.63, 3.8) is 0 Å². The quantitative estimate of drug-likeness (QED) is 0.764. The number of nitrogens with two attached hydrogens (primary N) is 1. The van der Waals surface area contributed by atoms with E-state index in [-0.39, 0.29) is 0 Å². The van der Waals surface area contributed by atoms with E-state index in [0.29, 0.717) is 12.1 Å². The van der Waals surface area contributed by atoms with Crippen LogP contribution in [0.4, 0.5) is 0 Å². The SMILES string of the molecule is CC1OCCC1CNCC1CCCC(N)C1. The number of ether oxygens (including phenoxy) is 1. The molecular weight excluding hydrogens is 200 g/mol. The first-order chi connectivity index (χ1) is 7.75. The van der Waals surface area contributed by atoms with E-state index in [1.165, 1.54) is 32.1 Å². The molecule has 2 fully saturated rings. The van der Waals surface area contributed by atoms with Crippen LogP contribution in [0.3, 0.4) is 0 Å². The van der Waals surface area contributed by atoms with Gasteiger partial charge in [-0.2, -0.15) is 0 Å². The molecule has 94 valence electrons. The zero-order valence-corrected chi connectivity index (χ0v) is 10.5. The Bertz CT molecular complexity index is 210. The smallest absolute Gasteiger partial charge is 0.0588 e. The minimum atomic E-state index is 0.445. The molecule has 1 saturated carbocycles. The van der Waals surface area contributed by atoms with Gasteiger partial charge in [0.2, 0.25) is 0 Å². The van der Waals surface area contributed by atoms with Crippen molar-refractivity contribution in [2.24, 2.45) is 17.6 Å². The standard InChI is InChI=1S/C13H26N2O/c1-10-12(5-6-16-10)9-15-8-11-3-2-4-13(14)7-11/h10-13,15H,2-9,14H2,1H3. The first-order valence-electron chi connectivity index (χ1n) is 6.83. The average molecular weight is 226 g/mol. The van der Waals surface area contributed by atoms with Crippen LogP contribution in [0.5, 0.6) is 0 Å². The lowest BCUT2D eigenvalue weighted by Crippen LogP contribution is -2.35. The molecule has 1 saturated heterocycles. The lowest BCUT2D eigenvalue weighted by molar-refractivity contribution is 0.105. The summed E-state index contributed by atoms with van der Waals surface area (Å²) in [5.41, 5.74) is 5.99. The summed E-state index contributed by atoms with van der Waals surface area (Å²) in [7, 11) is 0. The van der Waals surface area contributed by atoms with Crippen LogP contribution in [-0.2, 0) is 4.74 Å². The van der Waals surface area contributed by atoms with Crippen molar-refractivity contribution in [2.45, 2.75) is 51.2 Å². The minimum Gasteiger partial charge on any atom is -0.378 e. The highest BCUT2D eigenvalue weighted by molar-refractivity contribution is 4.79. The average Bonchev–Trinajstić information content (AvgIpc) is 2.65. The van der Waals surface area contributed by atoms with Crippen molar-refractivity contribution in [2.75, 3.05) is 19.7 Å². The molecule has 0 amide bonds. The lowest BCUT2D eigenvalue weighted by atomic mass is 9.86. The fourth-order valence-corrected chi connectivity index (χ4v) is 3.03. The monoisotopic (exact) mass is 226 g/mol. The summed E-state index contributed by atoms with van der Waals surface area (Å²) in [4.78, 5) is 0. The Morgan fingerprint density at radius 3 is 2.81 bits per heavy atom. The molecule has 0 aromatic rings. The third-order valence-corrected chi connectivity index (χ3v) is 4.20. The summed E-state index contributed by atoms with van der Waals surface area (Å²) in [5, 5.41) is 3.61. The third-order valence-electron chi connectivity index (χ3n) is 4.20. The summed E-state index contributed by atoms with van der Waals surface area (Å²) in [6, 6.07) is 0.453. The van der Waals surface area contributed by atoms with Gasteiger partial charge in [-0.25, -0.2) is 0 Å². The van der Waals surface area contributed by atoms with Crippen molar-refractivity contribution in [1.29, 1.82) is 0 Å². The predicted octanol–water partition coefficient (Wildman–Crippen LogP) is 1.52. The number of hydrogen-bond donors (Lipinski definition) is 2. The second kappa shape index (κ2) is 5.99. The zero-order chi connectivity index (χ0) is 11.4. The van der Waals surface area contributed by atoms with Crippen molar-refractivity contribution < 1.29 is 4.74 Å². The third kappa shape index (κ3) is 3.44. The van der Waals surface area contributed by atoms with E-state index in [1.807, 2.05) is 0 Å². The molecule has 0 aromatic carbocycles. The van der Waals surface area contributed by atoms with Crippen molar-refractivity contribution in [3.8, 4) is 0 Å². The van der Waals surface area contributed by atoms with Crippen LogP contribution in [-0.4, -0.2) is 31.8 Å². The molecular formula is C13H26N2O. The molecule has 0 bridgehead atoms. The first kappa shape index (κ1) is 12.3. The van der Waals surface area contributed by atoms with Crippen molar-refractivity contribution >= 4 is 0 Å². The molecule has 4 unspecified atom stereocenters. The molecule has 1 heterocycles. The van der Waals surface area contributed by atoms with E-state index in [2.05, 4.69) is 12.2 Å². The van der Waals surface area contributed by atoms with Gasteiger partial charge in [0.1, 0.15) is 0 Å². The Hall–Kier alpha value is -0.120. The van der Waals surface area contributed by atoms with Crippen LogP contribution in [0.25, 0.3) is 0 Å². The van der Waals surface area contributed by atoms with Crippen LogP contribution in [0.15, 0.2) is 0 Å². The fourth-order valence-electron chi connectivity index (χ4n) is 3.03. The van der Waals surface area contributed by atoms with Gasteiger partial charge in [-0.05, 0) is 51.0 Å². The molecule has 3 heteroatoms. The first-order valence-corrected chi connectivity index (χ1v) is 6.83. The van der Waals surface area contributed by atoms with Gasteiger partial charge in [0.15, 0.2) is 0 Å². The molecule has 3 nitrogen and oxygen atoms in total. The van der Waals surface area contributed by atoms with Gasteiger partial charge in [0.05, 0.1) is 6.10 Å². The van der Waals surface area contributed by atoms with E-state index in [1.54, 1.807) is 0 Å². The molecule has 3 N–H and O–H groups in total. The van der Waals surface area contributed by atoms with E-state index >= 15 is 0 Å². The second-order valence-corrected chi connectivity index (χ2v) is 5.58. The predicted molar refractivity (Wildman–Crippen MR) is 66.3 cm³/mol. The largest absolute Gasteiger partial charge is 0.378 e. The summed E-state index contributed by atoms with van der Waals surface area (Å²) in [6.45, 7) is 5.40.